The van der Waals surface area contributed by atoms with Crippen LogP contribution in [0.25, 0.3) is 0 Å². The highest BCUT2D eigenvalue weighted by atomic mass is 35.5. The van der Waals surface area contributed by atoms with Crippen molar-refractivity contribution in [1.29, 1.82) is 0 Å². The maximum Gasteiger partial charge on any atom is 0.326 e. The molecule has 0 spiro atoms. The lowest BCUT2D eigenvalue weighted by Crippen LogP contribution is -2.43. The van der Waals surface area contributed by atoms with E-state index in [9.17, 15) is 24.3 Å². The number of halogens is 1. The van der Waals surface area contributed by atoms with Crippen LogP contribution in [-0.2, 0) is 16.0 Å². The minimum atomic E-state index is -1.27. The van der Waals surface area contributed by atoms with E-state index in [0.29, 0.717) is 29.0 Å². The third-order valence-electron chi connectivity index (χ3n) is 6.79. The Labute approximate surface area is 278 Å². The average molecular weight is 670 g/mol. The van der Waals surface area contributed by atoms with Crippen molar-refractivity contribution in [3.63, 3.8) is 0 Å². The summed E-state index contributed by atoms with van der Waals surface area (Å²) in [6, 6.07) is 10.8. The third kappa shape index (κ3) is 10.4. The molecular weight excluding hydrogens is 630 g/mol. The van der Waals surface area contributed by atoms with Crippen LogP contribution < -0.4 is 26.2 Å². The van der Waals surface area contributed by atoms with E-state index < -0.39 is 23.8 Å². The molecule has 12 nitrogen and oxygen atoms in total. The van der Waals surface area contributed by atoms with Crippen LogP contribution >= 0.6 is 23.4 Å². The quantitative estimate of drug-likeness (QED) is 0.113. The van der Waals surface area contributed by atoms with E-state index >= 15 is 0 Å². The summed E-state index contributed by atoms with van der Waals surface area (Å²) >= 11 is 7.38. The molecule has 1 aromatic heterocycles. The van der Waals surface area contributed by atoms with Crippen molar-refractivity contribution < 1.29 is 24.3 Å². The maximum absolute atomic E-state index is 13.6. The molecule has 246 valence electrons. The predicted octanol–water partition coefficient (Wildman–Crippen LogP) is 4.70. The number of benzene rings is 2. The Morgan fingerprint density at radius 1 is 1.00 bits per heavy atom. The fourth-order valence-corrected chi connectivity index (χ4v) is 5.07. The van der Waals surface area contributed by atoms with Crippen molar-refractivity contribution in [2.75, 3.05) is 34.9 Å². The fraction of sp³-hybridized carbons (Fsp3) is 0.375. The number of rotatable bonds is 15. The first-order valence-corrected chi connectivity index (χ1v) is 16.3. The van der Waals surface area contributed by atoms with E-state index in [2.05, 4.69) is 50.0 Å². The molecule has 1 unspecified atom stereocenters. The highest BCUT2D eigenvalue weighted by Crippen LogP contribution is 2.26. The number of carboxylic acids is 1. The molecule has 2 aromatic carbocycles. The van der Waals surface area contributed by atoms with Gasteiger partial charge in [-0.05, 0) is 56.0 Å². The molecule has 5 N–H and O–H groups in total. The zero-order valence-corrected chi connectivity index (χ0v) is 28.3. The number of hydrogen-bond donors (Lipinski definition) is 5. The van der Waals surface area contributed by atoms with Gasteiger partial charge in [0.15, 0.2) is 10.9 Å². The summed E-state index contributed by atoms with van der Waals surface area (Å²) < 4.78 is 0. The summed E-state index contributed by atoms with van der Waals surface area (Å²) in [4.78, 5) is 60.8. The average Bonchev–Trinajstić information content (AvgIpc) is 2.99. The van der Waals surface area contributed by atoms with Crippen LogP contribution in [0.1, 0.15) is 61.0 Å². The molecule has 0 fully saturated rings. The van der Waals surface area contributed by atoms with Gasteiger partial charge < -0.3 is 31.3 Å². The van der Waals surface area contributed by atoms with Crippen LogP contribution in [0, 0.1) is 0 Å². The number of amides is 3. The number of nitrogens with zero attached hydrogens (tertiary/aromatic N) is 3. The van der Waals surface area contributed by atoms with E-state index in [4.69, 9.17) is 11.6 Å². The maximum atomic E-state index is 13.6. The summed E-state index contributed by atoms with van der Waals surface area (Å²) in [5.74, 6) is -2.75. The molecule has 0 aliphatic heterocycles. The molecule has 3 aromatic rings. The molecule has 0 bridgehead atoms. The molecule has 3 amide bonds. The van der Waals surface area contributed by atoms with Gasteiger partial charge in [0.2, 0.25) is 5.91 Å². The second-order valence-electron chi connectivity index (χ2n) is 11.1. The van der Waals surface area contributed by atoms with Crippen LogP contribution in [0.3, 0.4) is 0 Å². The summed E-state index contributed by atoms with van der Waals surface area (Å²) in [7, 11) is 0. The first-order chi connectivity index (χ1) is 21.8. The summed E-state index contributed by atoms with van der Waals surface area (Å²) in [5, 5.41) is 21.9. The molecule has 0 aliphatic rings. The Kier molecular flexibility index (Phi) is 13.3. The van der Waals surface area contributed by atoms with Crippen LogP contribution in [0.4, 0.5) is 17.1 Å². The van der Waals surface area contributed by atoms with Crippen LogP contribution in [0.15, 0.2) is 53.8 Å². The van der Waals surface area contributed by atoms with Crippen molar-refractivity contribution in [3.8, 4) is 0 Å². The number of carboxylic acid groups (broad SMARTS) is 1. The van der Waals surface area contributed by atoms with E-state index in [1.807, 2.05) is 19.9 Å². The molecule has 0 saturated carbocycles. The lowest BCUT2D eigenvalue weighted by molar-refractivity contribution is -0.139. The number of aliphatic carboxylic acids is 1. The fourth-order valence-electron chi connectivity index (χ4n) is 4.55. The van der Waals surface area contributed by atoms with Crippen LogP contribution in [0.2, 0.25) is 5.02 Å². The van der Waals surface area contributed by atoms with Crippen molar-refractivity contribution in [2.24, 2.45) is 0 Å². The number of nitrogens with one attached hydrogen (secondary N) is 4. The minimum Gasteiger partial charge on any atom is -0.480 e. The lowest BCUT2D eigenvalue weighted by atomic mass is 10.0. The molecule has 1 atom stereocenters. The Morgan fingerprint density at radius 2 is 1.70 bits per heavy atom. The van der Waals surface area contributed by atoms with Crippen molar-refractivity contribution >= 4 is 64.1 Å². The SMILES string of the molecule is CSc1ncc(Cl)c(C(=O)Nc2ccc(CC(NC(=O)c3cc(N(CCNC(C)C)C(C)C)ccc3NC(C)=O)C(=O)O)cc2)n1. The van der Waals surface area contributed by atoms with Gasteiger partial charge in [-0.15, -0.1) is 0 Å². The largest absolute Gasteiger partial charge is 0.480 e. The second kappa shape index (κ2) is 16.9. The third-order valence-corrected chi connectivity index (χ3v) is 7.63. The number of carbonyl (C=O) groups excluding carboxylic acids is 3. The Balaban J connectivity index is 1.78. The van der Waals surface area contributed by atoms with E-state index in [-0.39, 0.29) is 40.3 Å². The molecule has 3 rings (SSSR count). The van der Waals surface area contributed by atoms with E-state index in [0.717, 1.165) is 12.2 Å². The Bertz CT molecular complexity index is 1550. The summed E-state index contributed by atoms with van der Waals surface area (Å²) in [6.45, 7) is 10.9. The molecule has 0 aliphatic carbocycles. The highest BCUT2D eigenvalue weighted by Gasteiger charge is 2.24. The standard InChI is InChI=1S/C32H40ClN7O5S/c1-18(2)34-13-14-40(19(3)4)23-11-12-26(36-20(5)41)24(16-23)29(42)38-27(31(44)45)15-21-7-9-22(10-8-21)37-30(43)28-25(33)17-35-32(39-28)46-6/h7-12,16-19,27,34H,13-15H2,1-6H3,(H,36,41)(H,37,43)(H,38,42)(H,44,45). The van der Waals surface area contributed by atoms with Gasteiger partial charge in [0.1, 0.15) is 6.04 Å². The van der Waals surface area contributed by atoms with Gasteiger partial charge in [0.25, 0.3) is 11.8 Å². The number of hydrogen-bond acceptors (Lipinski definition) is 9. The number of thioether (sulfide) groups is 1. The summed E-state index contributed by atoms with van der Waals surface area (Å²) in [6.07, 6.45) is 3.11. The highest BCUT2D eigenvalue weighted by molar-refractivity contribution is 7.98. The van der Waals surface area contributed by atoms with Gasteiger partial charge in [-0.2, -0.15) is 0 Å². The first-order valence-electron chi connectivity index (χ1n) is 14.7. The number of carbonyl (C=O) groups is 4. The Hall–Kier alpha value is -4.20. The van der Waals surface area contributed by atoms with Gasteiger partial charge in [-0.25, -0.2) is 14.8 Å². The Morgan fingerprint density at radius 3 is 2.28 bits per heavy atom. The smallest absolute Gasteiger partial charge is 0.326 e. The van der Waals surface area contributed by atoms with Crippen molar-refractivity contribution in [2.45, 2.75) is 64.3 Å². The minimum absolute atomic E-state index is 0.0295. The van der Waals surface area contributed by atoms with Crippen molar-refractivity contribution in [1.82, 2.24) is 20.6 Å². The molecule has 46 heavy (non-hydrogen) atoms. The zero-order chi connectivity index (χ0) is 34.0. The van der Waals surface area contributed by atoms with Gasteiger partial charge in [-0.3, -0.25) is 14.4 Å². The second-order valence-corrected chi connectivity index (χ2v) is 12.3. The topological polar surface area (TPSA) is 166 Å². The van der Waals surface area contributed by atoms with Crippen LogP contribution in [-0.4, -0.2) is 76.2 Å². The van der Waals surface area contributed by atoms with Gasteiger partial charge in [-0.1, -0.05) is 49.3 Å². The van der Waals surface area contributed by atoms with Crippen molar-refractivity contribution in [3.05, 3.63) is 70.5 Å². The van der Waals surface area contributed by atoms with Crippen LogP contribution in [0.5, 0.6) is 0 Å². The molecule has 0 radical (unpaired) electrons. The lowest BCUT2D eigenvalue weighted by Gasteiger charge is -2.30. The van der Waals surface area contributed by atoms with Gasteiger partial charge >= 0.3 is 5.97 Å². The number of anilines is 3. The van der Waals surface area contributed by atoms with Gasteiger partial charge in [0.05, 0.1) is 22.5 Å². The molecule has 0 saturated heterocycles. The molecule has 14 heteroatoms. The van der Waals surface area contributed by atoms with E-state index in [1.54, 1.807) is 42.7 Å². The zero-order valence-electron chi connectivity index (χ0n) is 26.7. The predicted molar refractivity (Wildman–Crippen MR) is 182 cm³/mol. The number of aromatic nitrogens is 2. The molecular formula is C32H40ClN7O5S. The normalized spacial score (nSPS) is 11.7. The van der Waals surface area contributed by atoms with Gasteiger partial charge in [0, 0.05) is 49.9 Å². The summed E-state index contributed by atoms with van der Waals surface area (Å²) in [5.41, 5.74) is 2.26. The molecule has 1 heterocycles. The van der Waals surface area contributed by atoms with E-state index in [1.165, 1.54) is 24.9 Å². The monoisotopic (exact) mass is 669 g/mol. The first kappa shape index (κ1) is 36.3.